The van der Waals surface area contributed by atoms with Crippen molar-refractivity contribution in [1.29, 1.82) is 0 Å². The van der Waals surface area contributed by atoms with Crippen molar-refractivity contribution in [2.45, 2.75) is 24.6 Å². The average molecular weight is 300 g/mol. The number of carbonyl (C=O) groups is 1. The highest BCUT2D eigenvalue weighted by Gasteiger charge is 2.14. The molecular formula is C13H18BrNO2. The molecular weight excluding hydrogens is 282 g/mol. The smallest absolute Gasteiger partial charge is 0.321 e. The maximum absolute atomic E-state index is 11.2. The predicted octanol–water partition coefficient (Wildman–Crippen LogP) is 2.99. The van der Waals surface area contributed by atoms with Crippen LogP contribution in [0.4, 0.5) is 5.69 Å². The van der Waals surface area contributed by atoms with E-state index in [2.05, 4.69) is 39.0 Å². The van der Waals surface area contributed by atoms with Crippen LogP contribution in [-0.2, 0) is 16.0 Å². The normalized spacial score (nSPS) is 11.9. The fourth-order valence-electron chi connectivity index (χ4n) is 1.59. The molecule has 1 atom stereocenters. The summed E-state index contributed by atoms with van der Waals surface area (Å²) in [6, 6.07) is 8.15. The Morgan fingerprint density at radius 2 is 2.18 bits per heavy atom. The summed E-state index contributed by atoms with van der Waals surface area (Å²) in [7, 11) is 1.39. The van der Waals surface area contributed by atoms with Crippen molar-refractivity contribution in [1.82, 2.24) is 0 Å². The molecule has 0 saturated heterocycles. The molecule has 0 amide bonds. The maximum Gasteiger partial charge on any atom is 0.321 e. The largest absolute Gasteiger partial charge is 0.468 e. The van der Waals surface area contributed by atoms with Crippen LogP contribution < -0.4 is 5.32 Å². The molecule has 0 heterocycles. The summed E-state index contributed by atoms with van der Waals surface area (Å²) in [5, 5.41) is 3.27. The molecule has 0 bridgehead atoms. The number of carbonyl (C=O) groups excluding carboxylic acids is 1. The van der Waals surface area contributed by atoms with E-state index in [4.69, 9.17) is 0 Å². The standard InChI is InChI=1S/C13H18BrNO2/c1-3-6-10-7-4-5-8-12(10)15-9-11(14)13(16)17-2/h4-5,7-8,11,15H,3,6,9H2,1-2H3. The number of nitrogens with one attached hydrogen (secondary N) is 1. The molecule has 94 valence electrons. The number of para-hydroxylation sites is 1. The lowest BCUT2D eigenvalue weighted by Gasteiger charge is -2.13. The topological polar surface area (TPSA) is 38.3 Å². The van der Waals surface area contributed by atoms with E-state index in [9.17, 15) is 4.79 Å². The van der Waals surface area contributed by atoms with Crippen molar-refractivity contribution in [2.24, 2.45) is 0 Å². The summed E-state index contributed by atoms with van der Waals surface area (Å²) in [6.07, 6.45) is 2.14. The van der Waals surface area contributed by atoms with Crippen molar-refractivity contribution in [3.63, 3.8) is 0 Å². The molecule has 3 nitrogen and oxygen atoms in total. The van der Waals surface area contributed by atoms with Crippen molar-refractivity contribution >= 4 is 27.6 Å². The van der Waals surface area contributed by atoms with E-state index in [0.717, 1.165) is 18.5 Å². The van der Waals surface area contributed by atoms with E-state index in [1.165, 1.54) is 12.7 Å². The lowest BCUT2D eigenvalue weighted by atomic mass is 10.1. The number of esters is 1. The van der Waals surface area contributed by atoms with Crippen LogP contribution >= 0.6 is 15.9 Å². The third-order valence-corrected chi connectivity index (χ3v) is 3.16. The van der Waals surface area contributed by atoms with E-state index < -0.39 is 0 Å². The first-order chi connectivity index (χ1) is 8.19. The number of ether oxygens (including phenoxy) is 1. The third kappa shape index (κ3) is 4.38. The third-order valence-electron chi connectivity index (χ3n) is 2.47. The van der Waals surface area contributed by atoms with Gasteiger partial charge in [-0.3, -0.25) is 4.79 Å². The fraction of sp³-hybridized carbons (Fsp3) is 0.462. The van der Waals surface area contributed by atoms with Gasteiger partial charge in [0.25, 0.3) is 0 Å². The number of hydrogen-bond acceptors (Lipinski definition) is 3. The van der Waals surface area contributed by atoms with E-state index in [-0.39, 0.29) is 10.8 Å². The Hall–Kier alpha value is -1.03. The first-order valence-electron chi connectivity index (χ1n) is 5.72. The van der Waals surface area contributed by atoms with Crippen LogP contribution in [0.2, 0.25) is 0 Å². The zero-order valence-corrected chi connectivity index (χ0v) is 11.8. The Labute approximate surface area is 111 Å². The highest BCUT2D eigenvalue weighted by Crippen LogP contribution is 2.17. The van der Waals surface area contributed by atoms with Gasteiger partial charge in [0, 0.05) is 12.2 Å². The van der Waals surface area contributed by atoms with Gasteiger partial charge in [-0.25, -0.2) is 0 Å². The first-order valence-corrected chi connectivity index (χ1v) is 6.64. The molecule has 0 radical (unpaired) electrons. The van der Waals surface area contributed by atoms with E-state index in [1.54, 1.807) is 0 Å². The number of hydrogen-bond donors (Lipinski definition) is 1. The van der Waals surface area contributed by atoms with Crippen molar-refractivity contribution in [3.8, 4) is 0 Å². The number of methoxy groups -OCH3 is 1. The molecule has 1 unspecified atom stereocenters. The number of alkyl halides is 1. The predicted molar refractivity (Wildman–Crippen MR) is 73.7 cm³/mol. The van der Waals surface area contributed by atoms with Gasteiger partial charge < -0.3 is 10.1 Å². The summed E-state index contributed by atoms with van der Waals surface area (Å²) >= 11 is 3.29. The minimum Gasteiger partial charge on any atom is -0.468 e. The molecule has 4 heteroatoms. The van der Waals surface area contributed by atoms with Crippen LogP contribution in [0.15, 0.2) is 24.3 Å². The number of rotatable bonds is 6. The second-order valence-corrected chi connectivity index (χ2v) is 4.88. The monoisotopic (exact) mass is 299 g/mol. The molecule has 1 rings (SSSR count). The second kappa shape index (κ2) is 7.33. The van der Waals surface area contributed by atoms with Crippen LogP contribution in [0.5, 0.6) is 0 Å². The molecule has 0 aliphatic rings. The van der Waals surface area contributed by atoms with Crippen molar-refractivity contribution in [3.05, 3.63) is 29.8 Å². The van der Waals surface area contributed by atoms with Crippen LogP contribution in [0.25, 0.3) is 0 Å². The first kappa shape index (κ1) is 14.0. The molecule has 0 fully saturated rings. The Bertz CT molecular complexity index is 368. The highest BCUT2D eigenvalue weighted by atomic mass is 79.9. The van der Waals surface area contributed by atoms with Gasteiger partial charge in [-0.2, -0.15) is 0 Å². The quantitative estimate of drug-likeness (QED) is 0.648. The molecule has 0 aliphatic heterocycles. The van der Waals surface area contributed by atoms with Gasteiger partial charge in [-0.15, -0.1) is 0 Å². The van der Waals surface area contributed by atoms with E-state index in [1.807, 2.05) is 18.2 Å². The van der Waals surface area contributed by atoms with Crippen molar-refractivity contribution < 1.29 is 9.53 Å². The Balaban J connectivity index is 2.59. The summed E-state index contributed by atoms with van der Waals surface area (Å²) in [4.78, 5) is 10.9. The zero-order valence-electron chi connectivity index (χ0n) is 10.2. The Kier molecular flexibility index (Phi) is 6.05. The fourth-order valence-corrected chi connectivity index (χ4v) is 1.94. The van der Waals surface area contributed by atoms with Crippen molar-refractivity contribution in [2.75, 3.05) is 19.0 Å². The molecule has 1 aromatic rings. The van der Waals surface area contributed by atoms with Crippen LogP contribution in [0, 0.1) is 0 Å². The number of benzene rings is 1. The maximum atomic E-state index is 11.2. The minimum absolute atomic E-state index is 0.259. The van der Waals surface area contributed by atoms with Crippen LogP contribution in [0.1, 0.15) is 18.9 Å². The SMILES string of the molecule is CCCc1ccccc1NCC(Br)C(=O)OC. The molecule has 0 aliphatic carbocycles. The number of halogens is 1. The molecule has 17 heavy (non-hydrogen) atoms. The summed E-state index contributed by atoms with van der Waals surface area (Å²) in [6.45, 7) is 2.67. The molecule has 0 spiro atoms. The van der Waals surface area contributed by atoms with E-state index >= 15 is 0 Å². The Morgan fingerprint density at radius 3 is 2.82 bits per heavy atom. The lowest BCUT2D eigenvalue weighted by Crippen LogP contribution is -2.24. The van der Waals surface area contributed by atoms with Crippen LogP contribution in [-0.4, -0.2) is 24.5 Å². The van der Waals surface area contributed by atoms with Gasteiger partial charge in [-0.05, 0) is 18.1 Å². The second-order valence-electron chi connectivity index (χ2n) is 3.78. The number of aryl methyl sites for hydroxylation is 1. The van der Waals surface area contributed by atoms with Gasteiger partial charge in [-0.1, -0.05) is 47.5 Å². The Morgan fingerprint density at radius 1 is 1.47 bits per heavy atom. The molecule has 1 N–H and O–H groups in total. The van der Waals surface area contributed by atoms with Gasteiger partial charge in [0.05, 0.1) is 7.11 Å². The molecule has 1 aromatic carbocycles. The van der Waals surface area contributed by atoms with Gasteiger partial charge >= 0.3 is 5.97 Å². The van der Waals surface area contributed by atoms with Gasteiger partial charge in [0.2, 0.25) is 0 Å². The average Bonchev–Trinajstić information content (AvgIpc) is 2.36. The summed E-state index contributed by atoms with van der Waals surface area (Å²) in [5.41, 5.74) is 2.36. The van der Waals surface area contributed by atoms with Gasteiger partial charge in [0.15, 0.2) is 0 Å². The zero-order chi connectivity index (χ0) is 12.7. The summed E-state index contributed by atoms with van der Waals surface area (Å²) < 4.78 is 4.65. The number of anilines is 1. The summed E-state index contributed by atoms with van der Waals surface area (Å²) in [5.74, 6) is -0.259. The highest BCUT2D eigenvalue weighted by molar-refractivity contribution is 9.10. The minimum atomic E-state index is -0.317. The molecule has 0 aromatic heterocycles. The molecule has 0 saturated carbocycles. The van der Waals surface area contributed by atoms with E-state index in [0.29, 0.717) is 6.54 Å². The van der Waals surface area contributed by atoms with Gasteiger partial charge in [0.1, 0.15) is 4.83 Å². The van der Waals surface area contributed by atoms with Crippen LogP contribution in [0.3, 0.4) is 0 Å². The lowest BCUT2D eigenvalue weighted by molar-refractivity contribution is -0.139.